The van der Waals surface area contributed by atoms with E-state index in [2.05, 4.69) is 24.1 Å². The van der Waals surface area contributed by atoms with Gasteiger partial charge in [0.15, 0.2) is 0 Å². The number of morpholine rings is 1. The van der Waals surface area contributed by atoms with E-state index in [-0.39, 0.29) is 18.1 Å². The van der Waals surface area contributed by atoms with Crippen molar-refractivity contribution in [1.29, 1.82) is 0 Å². The largest absolute Gasteiger partial charge is 0.366 e. The van der Waals surface area contributed by atoms with Gasteiger partial charge >= 0.3 is 0 Å². The third-order valence-electron chi connectivity index (χ3n) is 3.66. The summed E-state index contributed by atoms with van der Waals surface area (Å²) in [7, 11) is 0. The van der Waals surface area contributed by atoms with Gasteiger partial charge in [0.05, 0.1) is 6.61 Å². The van der Waals surface area contributed by atoms with Gasteiger partial charge in [-0.25, -0.2) is 0 Å². The topological polar surface area (TPSA) is 44.8 Å². The number of nitrogens with zero attached hydrogens (tertiary/aromatic N) is 2. The Morgan fingerprint density at radius 3 is 3.00 bits per heavy atom. The Hall–Kier alpha value is -0.650. The van der Waals surface area contributed by atoms with Gasteiger partial charge in [-0.15, -0.1) is 0 Å². The third kappa shape index (κ3) is 2.97. The van der Waals surface area contributed by atoms with Gasteiger partial charge < -0.3 is 15.0 Å². The number of nitrogens with one attached hydrogen (secondary N) is 1. The number of carbonyl (C=O) groups is 1. The number of rotatable bonds is 2. The van der Waals surface area contributed by atoms with Crippen LogP contribution < -0.4 is 5.32 Å². The molecule has 0 radical (unpaired) electrons. The first kappa shape index (κ1) is 12.8. The van der Waals surface area contributed by atoms with Crippen molar-refractivity contribution >= 4 is 5.91 Å². The second-order valence-electron chi connectivity index (χ2n) is 4.84. The predicted molar refractivity (Wildman–Crippen MR) is 65.9 cm³/mol. The number of carbonyl (C=O) groups excluding carboxylic acids is 1. The molecule has 5 heteroatoms. The lowest BCUT2D eigenvalue weighted by Crippen LogP contribution is -2.58. The second-order valence-corrected chi connectivity index (χ2v) is 4.84. The smallest absolute Gasteiger partial charge is 0.253 e. The quantitative estimate of drug-likeness (QED) is 0.710. The number of amides is 1. The average molecular weight is 241 g/mol. The fourth-order valence-corrected chi connectivity index (χ4v) is 2.49. The summed E-state index contributed by atoms with van der Waals surface area (Å²) in [6, 6.07) is 0.275. The van der Waals surface area contributed by atoms with Crippen LogP contribution in [0.25, 0.3) is 0 Å². The monoisotopic (exact) mass is 241 g/mol. The lowest BCUT2D eigenvalue weighted by Gasteiger charge is -2.39. The van der Waals surface area contributed by atoms with Gasteiger partial charge in [0.25, 0.3) is 5.91 Å². The van der Waals surface area contributed by atoms with Crippen LogP contribution >= 0.6 is 0 Å². The van der Waals surface area contributed by atoms with Crippen LogP contribution in [-0.4, -0.2) is 73.7 Å². The molecule has 2 heterocycles. The fraction of sp³-hybridized carbons (Fsp3) is 0.917. The lowest BCUT2D eigenvalue weighted by molar-refractivity contribution is -0.152. The lowest BCUT2D eigenvalue weighted by atomic mass is 10.1. The summed E-state index contributed by atoms with van der Waals surface area (Å²) >= 11 is 0. The molecule has 0 unspecified atom stereocenters. The molecule has 98 valence electrons. The van der Waals surface area contributed by atoms with E-state index in [1.54, 1.807) is 0 Å². The van der Waals surface area contributed by atoms with E-state index >= 15 is 0 Å². The van der Waals surface area contributed by atoms with Crippen molar-refractivity contribution in [2.45, 2.75) is 26.0 Å². The highest BCUT2D eigenvalue weighted by Crippen LogP contribution is 2.11. The summed E-state index contributed by atoms with van der Waals surface area (Å²) in [5, 5.41) is 3.30. The summed E-state index contributed by atoms with van der Waals surface area (Å²) in [6.45, 7) is 10.1. The standard InChI is InChI=1S/C12H23N3O2/c1-3-14-6-7-17-11(9-14)12(16)15-5-4-13-8-10(15)2/h10-11,13H,3-9H2,1-2H3/t10-,11+/m1/s1. The van der Waals surface area contributed by atoms with E-state index in [4.69, 9.17) is 4.74 Å². The normalized spacial score (nSPS) is 31.5. The maximum Gasteiger partial charge on any atom is 0.253 e. The maximum absolute atomic E-state index is 12.4. The second kappa shape index (κ2) is 5.80. The first-order valence-corrected chi connectivity index (χ1v) is 6.57. The number of hydrogen-bond acceptors (Lipinski definition) is 4. The van der Waals surface area contributed by atoms with Gasteiger partial charge in [0.2, 0.25) is 0 Å². The molecule has 1 amide bonds. The van der Waals surface area contributed by atoms with Crippen molar-refractivity contribution in [3.05, 3.63) is 0 Å². The minimum Gasteiger partial charge on any atom is -0.366 e. The van der Waals surface area contributed by atoms with Crippen LogP contribution in [-0.2, 0) is 9.53 Å². The van der Waals surface area contributed by atoms with Crippen molar-refractivity contribution in [3.63, 3.8) is 0 Å². The van der Waals surface area contributed by atoms with Crippen LogP contribution in [0.15, 0.2) is 0 Å². The third-order valence-corrected chi connectivity index (χ3v) is 3.66. The van der Waals surface area contributed by atoms with E-state index in [0.717, 1.165) is 39.3 Å². The van der Waals surface area contributed by atoms with Crippen molar-refractivity contribution in [2.75, 3.05) is 45.9 Å². The van der Waals surface area contributed by atoms with Crippen LogP contribution in [0.2, 0.25) is 0 Å². The summed E-state index contributed by atoms with van der Waals surface area (Å²) < 4.78 is 5.62. The molecule has 1 N–H and O–H groups in total. The Labute approximate surface area is 103 Å². The predicted octanol–water partition coefficient (Wildman–Crippen LogP) is -0.473. The number of ether oxygens (including phenoxy) is 1. The summed E-state index contributed by atoms with van der Waals surface area (Å²) in [5.41, 5.74) is 0. The Balaban J connectivity index is 1.93. The highest BCUT2D eigenvalue weighted by atomic mass is 16.5. The Bertz CT molecular complexity index is 272. The molecule has 0 aromatic heterocycles. The van der Waals surface area contributed by atoms with Gasteiger partial charge in [0.1, 0.15) is 6.10 Å². The molecule has 5 nitrogen and oxygen atoms in total. The number of piperazine rings is 1. The Kier molecular flexibility index (Phi) is 4.36. The molecule has 2 atom stereocenters. The molecule has 2 aliphatic rings. The van der Waals surface area contributed by atoms with E-state index < -0.39 is 0 Å². The molecule has 2 saturated heterocycles. The van der Waals surface area contributed by atoms with Gasteiger partial charge in [0, 0.05) is 38.8 Å². The van der Waals surface area contributed by atoms with Crippen molar-refractivity contribution in [1.82, 2.24) is 15.1 Å². The molecule has 0 bridgehead atoms. The first-order chi connectivity index (χ1) is 8.22. The molecule has 0 aliphatic carbocycles. The molecular formula is C12H23N3O2. The molecule has 0 saturated carbocycles. The summed E-state index contributed by atoms with van der Waals surface area (Å²) in [6.07, 6.45) is -0.260. The first-order valence-electron chi connectivity index (χ1n) is 6.57. The zero-order chi connectivity index (χ0) is 12.3. The van der Waals surface area contributed by atoms with Gasteiger partial charge in [-0.1, -0.05) is 6.92 Å². The number of likely N-dealkylation sites (N-methyl/N-ethyl adjacent to an activating group) is 1. The number of hydrogen-bond donors (Lipinski definition) is 1. The molecule has 0 aromatic carbocycles. The molecule has 0 spiro atoms. The van der Waals surface area contributed by atoms with Gasteiger partial charge in [-0.05, 0) is 13.5 Å². The van der Waals surface area contributed by atoms with Crippen LogP contribution in [0.4, 0.5) is 0 Å². The zero-order valence-corrected chi connectivity index (χ0v) is 10.8. The Morgan fingerprint density at radius 1 is 1.47 bits per heavy atom. The summed E-state index contributed by atoms with van der Waals surface area (Å²) in [5.74, 6) is 0.164. The molecule has 2 rings (SSSR count). The molecule has 2 aliphatic heterocycles. The highest BCUT2D eigenvalue weighted by molar-refractivity contribution is 5.81. The van der Waals surface area contributed by atoms with Crippen molar-refractivity contribution in [2.24, 2.45) is 0 Å². The SMILES string of the molecule is CCN1CCO[C@H](C(=O)N2CCNC[C@H]2C)C1. The van der Waals surface area contributed by atoms with E-state index in [9.17, 15) is 4.79 Å². The average Bonchev–Trinajstić information content (AvgIpc) is 2.38. The van der Waals surface area contributed by atoms with Crippen molar-refractivity contribution < 1.29 is 9.53 Å². The van der Waals surface area contributed by atoms with E-state index in [0.29, 0.717) is 6.61 Å². The molecular weight excluding hydrogens is 218 g/mol. The summed E-state index contributed by atoms with van der Waals surface area (Å²) in [4.78, 5) is 16.6. The minimum atomic E-state index is -0.260. The van der Waals surface area contributed by atoms with E-state index in [1.165, 1.54) is 0 Å². The molecule has 0 aromatic rings. The van der Waals surface area contributed by atoms with Crippen LogP contribution in [0, 0.1) is 0 Å². The van der Waals surface area contributed by atoms with Crippen LogP contribution in [0.5, 0.6) is 0 Å². The molecule has 2 fully saturated rings. The Morgan fingerprint density at radius 2 is 2.29 bits per heavy atom. The van der Waals surface area contributed by atoms with Crippen LogP contribution in [0.3, 0.4) is 0 Å². The van der Waals surface area contributed by atoms with Gasteiger partial charge in [-0.2, -0.15) is 0 Å². The van der Waals surface area contributed by atoms with Crippen molar-refractivity contribution in [3.8, 4) is 0 Å². The zero-order valence-electron chi connectivity index (χ0n) is 10.8. The minimum absolute atomic E-state index is 0.164. The van der Waals surface area contributed by atoms with Crippen LogP contribution in [0.1, 0.15) is 13.8 Å². The van der Waals surface area contributed by atoms with Gasteiger partial charge in [-0.3, -0.25) is 9.69 Å². The highest BCUT2D eigenvalue weighted by Gasteiger charge is 2.32. The molecule has 17 heavy (non-hydrogen) atoms. The van der Waals surface area contributed by atoms with E-state index in [1.807, 2.05) is 4.90 Å². The maximum atomic E-state index is 12.4. The fourth-order valence-electron chi connectivity index (χ4n) is 2.49.